The molecule has 0 aliphatic carbocycles. The molecule has 0 aromatic heterocycles. The average Bonchev–Trinajstić information content (AvgIpc) is 2.78. The fourth-order valence-corrected chi connectivity index (χ4v) is 3.80. The molecule has 0 heterocycles. The van der Waals surface area contributed by atoms with Gasteiger partial charge in [-0.15, -0.1) is 0 Å². The predicted molar refractivity (Wildman–Crippen MR) is 135 cm³/mol. The van der Waals surface area contributed by atoms with Gasteiger partial charge in [-0.25, -0.2) is 9.59 Å². The number of hydrogen-bond acceptors (Lipinski definition) is 4. The lowest BCUT2D eigenvalue weighted by atomic mass is 10.0. The molecule has 1 atom stereocenters. The quantitative estimate of drug-likeness (QED) is 0.0886. The lowest BCUT2D eigenvalue weighted by Crippen LogP contribution is -2.13. The number of esters is 2. The molecular weight excluding hydrogens is 400 g/mol. The number of unbranched alkanes of at least 4 members (excludes halogenated alkanes) is 16. The van der Waals surface area contributed by atoms with Gasteiger partial charge in [0.2, 0.25) is 0 Å². The molecule has 0 saturated carbocycles. The zero-order valence-corrected chi connectivity index (χ0v) is 21.5. The molecule has 0 saturated heterocycles. The fraction of sp³-hybridized carbons (Fsp3) is 0.857. The summed E-state index contributed by atoms with van der Waals surface area (Å²) in [6, 6.07) is 0. The highest BCUT2D eigenvalue weighted by Crippen LogP contribution is 2.13. The fourth-order valence-electron chi connectivity index (χ4n) is 3.80. The van der Waals surface area contributed by atoms with E-state index in [0.717, 1.165) is 32.1 Å². The normalized spacial score (nSPS) is 12.2. The molecule has 1 unspecified atom stereocenters. The van der Waals surface area contributed by atoms with Crippen LogP contribution in [0.3, 0.4) is 0 Å². The van der Waals surface area contributed by atoms with Crippen LogP contribution < -0.4 is 0 Å². The van der Waals surface area contributed by atoms with Crippen molar-refractivity contribution in [3.05, 3.63) is 12.2 Å². The predicted octanol–water partition coefficient (Wildman–Crippen LogP) is 8.47. The van der Waals surface area contributed by atoms with E-state index >= 15 is 0 Å². The van der Waals surface area contributed by atoms with Gasteiger partial charge in [0.15, 0.2) is 0 Å². The number of carbonyl (C=O) groups excluding carboxylic acids is 2. The summed E-state index contributed by atoms with van der Waals surface area (Å²) in [5.41, 5.74) is 0. The van der Waals surface area contributed by atoms with Gasteiger partial charge in [-0.1, -0.05) is 123 Å². The van der Waals surface area contributed by atoms with Crippen molar-refractivity contribution in [1.29, 1.82) is 0 Å². The van der Waals surface area contributed by atoms with Crippen molar-refractivity contribution in [2.24, 2.45) is 0 Å². The van der Waals surface area contributed by atoms with Crippen LogP contribution in [0, 0.1) is 0 Å². The summed E-state index contributed by atoms with van der Waals surface area (Å²) in [4.78, 5) is 23.3. The van der Waals surface area contributed by atoms with Crippen molar-refractivity contribution in [2.75, 3.05) is 6.61 Å². The zero-order chi connectivity index (χ0) is 23.7. The second-order valence-corrected chi connectivity index (χ2v) is 9.19. The van der Waals surface area contributed by atoms with Crippen LogP contribution in [0.4, 0.5) is 0 Å². The Morgan fingerprint density at radius 3 is 1.47 bits per heavy atom. The first-order valence-electron chi connectivity index (χ1n) is 13.7. The summed E-state index contributed by atoms with van der Waals surface area (Å²) in [5.74, 6) is -0.947. The molecule has 0 amide bonds. The summed E-state index contributed by atoms with van der Waals surface area (Å²) in [7, 11) is 0. The van der Waals surface area contributed by atoms with Crippen molar-refractivity contribution < 1.29 is 19.1 Å². The Morgan fingerprint density at radius 1 is 0.594 bits per heavy atom. The Labute approximate surface area is 198 Å². The van der Waals surface area contributed by atoms with E-state index in [9.17, 15) is 9.59 Å². The van der Waals surface area contributed by atoms with Crippen LogP contribution in [0.15, 0.2) is 12.2 Å². The molecule has 0 aliphatic heterocycles. The molecule has 0 rings (SSSR count). The SMILES string of the molecule is CCCCCCCCCCCCCCCCCCOC(=O)/C=C/C(=O)OC(C)CCCC. The maximum Gasteiger partial charge on any atom is 0.331 e. The van der Waals surface area contributed by atoms with Crippen LogP contribution in [-0.4, -0.2) is 24.6 Å². The van der Waals surface area contributed by atoms with Crippen LogP contribution in [0.2, 0.25) is 0 Å². The van der Waals surface area contributed by atoms with Crippen molar-refractivity contribution in [3.63, 3.8) is 0 Å². The molecule has 0 aliphatic rings. The Hall–Kier alpha value is -1.32. The number of carbonyl (C=O) groups is 2. The average molecular weight is 453 g/mol. The van der Waals surface area contributed by atoms with Gasteiger partial charge in [-0.3, -0.25) is 0 Å². The lowest BCUT2D eigenvalue weighted by molar-refractivity contribution is -0.143. The van der Waals surface area contributed by atoms with E-state index in [-0.39, 0.29) is 6.10 Å². The molecule has 4 heteroatoms. The van der Waals surface area contributed by atoms with Gasteiger partial charge in [0.1, 0.15) is 0 Å². The number of hydrogen-bond donors (Lipinski definition) is 0. The molecule has 0 fully saturated rings. The summed E-state index contributed by atoms with van der Waals surface area (Å²) in [6.45, 7) is 6.67. The van der Waals surface area contributed by atoms with Crippen LogP contribution in [-0.2, 0) is 19.1 Å². The summed E-state index contributed by atoms with van der Waals surface area (Å²) < 4.78 is 10.4. The van der Waals surface area contributed by atoms with E-state index < -0.39 is 11.9 Å². The molecule has 188 valence electrons. The molecular formula is C28H52O4. The minimum Gasteiger partial charge on any atom is -0.463 e. The minimum atomic E-state index is -0.479. The van der Waals surface area contributed by atoms with Crippen LogP contribution >= 0.6 is 0 Å². The summed E-state index contributed by atoms with van der Waals surface area (Å²) in [5, 5.41) is 0. The highest BCUT2D eigenvalue weighted by atomic mass is 16.5. The topological polar surface area (TPSA) is 52.6 Å². The van der Waals surface area contributed by atoms with Crippen molar-refractivity contribution in [3.8, 4) is 0 Å². The maximum atomic E-state index is 11.6. The second-order valence-electron chi connectivity index (χ2n) is 9.19. The van der Waals surface area contributed by atoms with E-state index in [1.807, 2.05) is 6.92 Å². The van der Waals surface area contributed by atoms with Crippen LogP contribution in [0.1, 0.15) is 143 Å². The third kappa shape index (κ3) is 23.3. The first-order chi connectivity index (χ1) is 15.6. The Balaban J connectivity index is 3.37. The molecule has 0 N–H and O–H groups in total. The highest BCUT2D eigenvalue weighted by molar-refractivity contribution is 5.91. The van der Waals surface area contributed by atoms with E-state index in [1.165, 1.54) is 102 Å². The van der Waals surface area contributed by atoms with Crippen LogP contribution in [0.25, 0.3) is 0 Å². The van der Waals surface area contributed by atoms with Gasteiger partial charge in [0, 0.05) is 12.2 Å². The Bertz CT molecular complexity index is 458. The second kappa shape index (κ2) is 24.3. The first-order valence-corrected chi connectivity index (χ1v) is 13.7. The van der Waals surface area contributed by atoms with Crippen molar-refractivity contribution in [2.45, 2.75) is 149 Å². The Kier molecular flexibility index (Phi) is 23.3. The minimum absolute atomic E-state index is 0.117. The largest absolute Gasteiger partial charge is 0.463 e. The highest BCUT2D eigenvalue weighted by Gasteiger charge is 2.07. The molecule has 0 aromatic carbocycles. The van der Waals surface area contributed by atoms with Gasteiger partial charge in [-0.2, -0.15) is 0 Å². The monoisotopic (exact) mass is 452 g/mol. The van der Waals surface area contributed by atoms with E-state index in [4.69, 9.17) is 9.47 Å². The first kappa shape index (κ1) is 30.7. The number of ether oxygens (including phenoxy) is 2. The summed E-state index contributed by atoms with van der Waals surface area (Å²) >= 11 is 0. The van der Waals surface area contributed by atoms with Gasteiger partial charge in [0.25, 0.3) is 0 Å². The zero-order valence-electron chi connectivity index (χ0n) is 21.5. The third-order valence-electron chi connectivity index (χ3n) is 5.88. The Morgan fingerprint density at radius 2 is 1.00 bits per heavy atom. The molecule has 0 spiro atoms. The smallest absolute Gasteiger partial charge is 0.331 e. The molecule has 0 radical (unpaired) electrons. The van der Waals surface area contributed by atoms with Crippen molar-refractivity contribution >= 4 is 11.9 Å². The lowest BCUT2D eigenvalue weighted by Gasteiger charge is -2.10. The molecule has 32 heavy (non-hydrogen) atoms. The maximum absolute atomic E-state index is 11.6. The summed E-state index contributed by atoms with van der Waals surface area (Å²) in [6.07, 6.45) is 26.3. The van der Waals surface area contributed by atoms with E-state index in [1.54, 1.807) is 0 Å². The molecule has 0 bridgehead atoms. The van der Waals surface area contributed by atoms with Crippen molar-refractivity contribution in [1.82, 2.24) is 0 Å². The van der Waals surface area contributed by atoms with E-state index in [2.05, 4.69) is 13.8 Å². The van der Waals surface area contributed by atoms with Gasteiger partial charge < -0.3 is 9.47 Å². The van der Waals surface area contributed by atoms with Crippen LogP contribution in [0.5, 0.6) is 0 Å². The van der Waals surface area contributed by atoms with Gasteiger partial charge >= 0.3 is 11.9 Å². The van der Waals surface area contributed by atoms with E-state index in [0.29, 0.717) is 6.61 Å². The standard InChI is InChI=1S/C28H52O4/c1-4-6-8-9-10-11-12-13-14-15-16-17-18-19-20-21-25-31-27(29)23-24-28(30)32-26(3)22-7-5-2/h23-24,26H,4-22,25H2,1-3H3/b24-23+. The third-order valence-corrected chi connectivity index (χ3v) is 5.88. The molecule has 4 nitrogen and oxygen atoms in total. The number of rotatable bonds is 23. The molecule has 0 aromatic rings. The van der Waals surface area contributed by atoms with Gasteiger partial charge in [0.05, 0.1) is 12.7 Å². The van der Waals surface area contributed by atoms with Gasteiger partial charge in [-0.05, 0) is 19.8 Å².